The molecule has 0 saturated heterocycles. The van der Waals surface area contributed by atoms with Gasteiger partial charge in [0.2, 0.25) is 0 Å². The third kappa shape index (κ3) is 3.54. The summed E-state index contributed by atoms with van der Waals surface area (Å²) in [5.41, 5.74) is 1.48. The maximum atomic E-state index is 9.26. The maximum absolute atomic E-state index is 9.26. The fraction of sp³-hybridized carbons (Fsp3) is 0.0714. The highest BCUT2D eigenvalue weighted by molar-refractivity contribution is 6.35. The average Bonchev–Trinajstić information content (AvgIpc) is 2.39. The van der Waals surface area contributed by atoms with Crippen molar-refractivity contribution in [3.05, 3.63) is 63.1 Å². The van der Waals surface area contributed by atoms with Gasteiger partial charge in [0.15, 0.2) is 0 Å². The van der Waals surface area contributed by atoms with Crippen LogP contribution in [0.5, 0.6) is 0 Å². The molecule has 1 unspecified atom stereocenters. The van der Waals surface area contributed by atoms with Gasteiger partial charge < -0.3 is 5.32 Å². The SMILES string of the molecule is N#CC(Nc1ccc(Cl)cc1)c1ccc(Cl)cc1Cl. The number of nitriles is 1. The molecule has 2 aromatic rings. The predicted molar refractivity (Wildman–Crippen MR) is 79.9 cm³/mol. The molecule has 0 radical (unpaired) electrons. The first kappa shape index (κ1) is 14.0. The minimum Gasteiger partial charge on any atom is -0.366 e. The molecule has 0 aromatic heterocycles. The van der Waals surface area contributed by atoms with E-state index >= 15 is 0 Å². The molecule has 96 valence electrons. The lowest BCUT2D eigenvalue weighted by atomic mass is 10.1. The van der Waals surface area contributed by atoms with Crippen LogP contribution >= 0.6 is 34.8 Å². The lowest BCUT2D eigenvalue weighted by Crippen LogP contribution is -2.08. The van der Waals surface area contributed by atoms with E-state index in [-0.39, 0.29) is 0 Å². The second-order valence-electron chi connectivity index (χ2n) is 3.88. The fourth-order valence-corrected chi connectivity index (χ4v) is 2.27. The topological polar surface area (TPSA) is 35.8 Å². The molecule has 1 N–H and O–H groups in total. The van der Waals surface area contributed by atoms with Gasteiger partial charge in [0.1, 0.15) is 6.04 Å². The quantitative estimate of drug-likeness (QED) is 0.832. The summed E-state index contributed by atoms with van der Waals surface area (Å²) >= 11 is 17.8. The maximum Gasteiger partial charge on any atom is 0.141 e. The summed E-state index contributed by atoms with van der Waals surface area (Å²) in [6, 6.07) is 13.8. The zero-order valence-electron chi connectivity index (χ0n) is 9.70. The van der Waals surface area contributed by atoms with Gasteiger partial charge in [-0.25, -0.2) is 0 Å². The molecule has 2 nitrogen and oxygen atoms in total. The van der Waals surface area contributed by atoms with Crippen LogP contribution in [0.4, 0.5) is 5.69 Å². The average molecular weight is 312 g/mol. The predicted octanol–water partition coefficient (Wildman–Crippen LogP) is 5.32. The van der Waals surface area contributed by atoms with Crippen LogP contribution in [0.25, 0.3) is 0 Å². The summed E-state index contributed by atoms with van der Waals surface area (Å²) in [7, 11) is 0. The second-order valence-corrected chi connectivity index (χ2v) is 5.16. The van der Waals surface area contributed by atoms with E-state index in [4.69, 9.17) is 34.8 Å². The Balaban J connectivity index is 2.25. The molecule has 0 spiro atoms. The number of rotatable bonds is 3. The number of hydrogen-bond donors (Lipinski definition) is 1. The van der Waals surface area contributed by atoms with Crippen molar-refractivity contribution < 1.29 is 0 Å². The molecule has 0 amide bonds. The summed E-state index contributed by atoms with van der Waals surface area (Å²) in [5.74, 6) is 0. The summed E-state index contributed by atoms with van der Waals surface area (Å²) in [5, 5.41) is 14.0. The van der Waals surface area contributed by atoms with E-state index < -0.39 is 6.04 Å². The molecule has 0 aliphatic rings. The van der Waals surface area contributed by atoms with E-state index in [0.717, 1.165) is 5.69 Å². The van der Waals surface area contributed by atoms with Gasteiger partial charge >= 0.3 is 0 Å². The number of nitrogens with zero attached hydrogens (tertiary/aromatic N) is 1. The number of halogens is 3. The fourth-order valence-electron chi connectivity index (χ4n) is 1.63. The number of nitrogens with one attached hydrogen (secondary N) is 1. The largest absolute Gasteiger partial charge is 0.366 e. The summed E-state index contributed by atoms with van der Waals surface area (Å²) < 4.78 is 0. The molecule has 2 rings (SSSR count). The van der Waals surface area contributed by atoms with Gasteiger partial charge in [-0.3, -0.25) is 0 Å². The number of hydrogen-bond acceptors (Lipinski definition) is 2. The van der Waals surface area contributed by atoms with Crippen molar-refractivity contribution in [3.63, 3.8) is 0 Å². The molecule has 0 bridgehead atoms. The van der Waals surface area contributed by atoms with E-state index in [1.165, 1.54) is 0 Å². The number of anilines is 1. The lowest BCUT2D eigenvalue weighted by molar-refractivity contribution is 0.998. The first-order valence-corrected chi connectivity index (χ1v) is 6.60. The van der Waals surface area contributed by atoms with Crippen molar-refractivity contribution in [1.29, 1.82) is 5.26 Å². The molecule has 0 heterocycles. The molecule has 1 atom stereocenters. The van der Waals surface area contributed by atoms with Gasteiger partial charge in [-0.15, -0.1) is 0 Å². The first-order valence-electron chi connectivity index (χ1n) is 5.47. The Hall–Kier alpha value is -1.40. The van der Waals surface area contributed by atoms with E-state index in [1.807, 2.05) is 0 Å². The molecule has 0 saturated carbocycles. The third-order valence-corrected chi connectivity index (χ3v) is 3.37. The summed E-state index contributed by atoms with van der Waals surface area (Å²) in [4.78, 5) is 0. The Morgan fingerprint density at radius 2 is 1.58 bits per heavy atom. The molecule has 2 aromatic carbocycles. The molecule has 19 heavy (non-hydrogen) atoms. The van der Waals surface area contributed by atoms with Crippen molar-refractivity contribution in [2.45, 2.75) is 6.04 Å². The highest BCUT2D eigenvalue weighted by Crippen LogP contribution is 2.28. The van der Waals surface area contributed by atoms with E-state index in [9.17, 15) is 5.26 Å². The first-order chi connectivity index (χ1) is 9.10. The van der Waals surface area contributed by atoms with Crippen molar-refractivity contribution >= 4 is 40.5 Å². The van der Waals surface area contributed by atoms with Crippen LogP contribution in [0.3, 0.4) is 0 Å². The monoisotopic (exact) mass is 310 g/mol. The van der Waals surface area contributed by atoms with E-state index in [2.05, 4.69) is 11.4 Å². The number of benzene rings is 2. The van der Waals surface area contributed by atoms with Crippen LogP contribution in [-0.2, 0) is 0 Å². The molecular weight excluding hydrogens is 303 g/mol. The Labute approximate surface area is 126 Å². The third-order valence-electron chi connectivity index (χ3n) is 2.56. The van der Waals surface area contributed by atoms with Crippen molar-refractivity contribution in [2.75, 3.05) is 5.32 Å². The van der Waals surface area contributed by atoms with Gasteiger partial charge in [-0.05, 0) is 36.4 Å². The minimum atomic E-state index is -0.550. The Kier molecular flexibility index (Phi) is 4.55. The van der Waals surface area contributed by atoms with E-state index in [0.29, 0.717) is 20.6 Å². The minimum absolute atomic E-state index is 0.459. The van der Waals surface area contributed by atoms with Gasteiger partial charge in [0.05, 0.1) is 6.07 Å². The Bertz CT molecular complexity index is 618. The van der Waals surface area contributed by atoms with Crippen LogP contribution in [0.2, 0.25) is 15.1 Å². The zero-order chi connectivity index (χ0) is 13.8. The summed E-state index contributed by atoms with van der Waals surface area (Å²) in [6.07, 6.45) is 0. The summed E-state index contributed by atoms with van der Waals surface area (Å²) in [6.45, 7) is 0. The second kappa shape index (κ2) is 6.16. The van der Waals surface area contributed by atoms with Gasteiger partial charge in [0.25, 0.3) is 0 Å². The van der Waals surface area contributed by atoms with Gasteiger partial charge in [0, 0.05) is 26.3 Å². The molecule has 0 aliphatic carbocycles. The molecule has 5 heteroatoms. The van der Waals surface area contributed by atoms with Crippen LogP contribution < -0.4 is 5.32 Å². The van der Waals surface area contributed by atoms with Gasteiger partial charge in [-0.2, -0.15) is 5.26 Å². The van der Waals surface area contributed by atoms with Crippen LogP contribution in [0.15, 0.2) is 42.5 Å². The highest BCUT2D eigenvalue weighted by Gasteiger charge is 2.14. The smallest absolute Gasteiger partial charge is 0.141 e. The normalized spacial score (nSPS) is 11.7. The van der Waals surface area contributed by atoms with Crippen LogP contribution in [-0.4, -0.2) is 0 Å². The molecule has 0 fully saturated rings. The zero-order valence-corrected chi connectivity index (χ0v) is 12.0. The lowest BCUT2D eigenvalue weighted by Gasteiger charge is -2.15. The van der Waals surface area contributed by atoms with Crippen LogP contribution in [0, 0.1) is 11.3 Å². The van der Waals surface area contributed by atoms with E-state index in [1.54, 1.807) is 42.5 Å². The van der Waals surface area contributed by atoms with Crippen molar-refractivity contribution in [3.8, 4) is 6.07 Å². The highest BCUT2D eigenvalue weighted by atomic mass is 35.5. The Morgan fingerprint density at radius 3 is 2.16 bits per heavy atom. The van der Waals surface area contributed by atoms with Crippen molar-refractivity contribution in [2.24, 2.45) is 0 Å². The molecule has 0 aliphatic heterocycles. The van der Waals surface area contributed by atoms with Crippen molar-refractivity contribution in [1.82, 2.24) is 0 Å². The Morgan fingerprint density at radius 1 is 0.947 bits per heavy atom. The van der Waals surface area contributed by atoms with Gasteiger partial charge in [-0.1, -0.05) is 40.9 Å². The van der Waals surface area contributed by atoms with Crippen LogP contribution in [0.1, 0.15) is 11.6 Å². The standard InChI is InChI=1S/C14H9Cl3N2/c15-9-1-4-11(5-2-9)19-14(8-18)12-6-3-10(16)7-13(12)17/h1-7,14,19H. The molecular formula is C14H9Cl3N2.